The third kappa shape index (κ3) is 3.86. The molecule has 0 saturated carbocycles. The van der Waals surface area contributed by atoms with Crippen molar-refractivity contribution >= 4 is 45.7 Å². The van der Waals surface area contributed by atoms with Crippen LogP contribution in [0.15, 0.2) is 47.8 Å². The molecule has 1 atom stereocenters. The Hall–Kier alpha value is -3.39. The molecule has 0 aliphatic carbocycles. The van der Waals surface area contributed by atoms with Gasteiger partial charge in [-0.05, 0) is 36.3 Å². The number of amides is 2. The van der Waals surface area contributed by atoms with Crippen LogP contribution in [0.25, 0.3) is 10.9 Å². The fourth-order valence-corrected chi connectivity index (χ4v) is 3.81. The van der Waals surface area contributed by atoms with Crippen LogP contribution in [0.3, 0.4) is 0 Å². The van der Waals surface area contributed by atoms with Crippen LogP contribution in [-0.2, 0) is 9.59 Å². The molecule has 154 valence electrons. The molecule has 1 unspecified atom stereocenters. The fourth-order valence-electron chi connectivity index (χ4n) is 3.69. The zero-order chi connectivity index (χ0) is 21.4. The summed E-state index contributed by atoms with van der Waals surface area (Å²) in [5, 5.41) is 13.0. The smallest absolute Gasteiger partial charge is 0.228 e. The van der Waals surface area contributed by atoms with Gasteiger partial charge >= 0.3 is 0 Å². The number of nitrogens with one attached hydrogen (secondary N) is 3. The molecular weight excluding hydrogens is 409 g/mol. The van der Waals surface area contributed by atoms with Crippen molar-refractivity contribution in [2.75, 3.05) is 11.1 Å². The van der Waals surface area contributed by atoms with Crippen molar-refractivity contribution in [2.24, 2.45) is 0 Å². The predicted molar refractivity (Wildman–Crippen MR) is 113 cm³/mol. The molecule has 5 N–H and O–H groups in total. The number of fused-ring (bicyclic) bond motifs is 1. The van der Waals surface area contributed by atoms with E-state index in [1.165, 1.54) is 12.1 Å². The minimum Gasteiger partial charge on any atom is -0.398 e. The van der Waals surface area contributed by atoms with Crippen LogP contribution in [0, 0.1) is 5.82 Å². The second-order valence-electron chi connectivity index (χ2n) is 7.25. The number of benzene rings is 2. The molecule has 30 heavy (non-hydrogen) atoms. The van der Waals surface area contributed by atoms with E-state index in [0.717, 1.165) is 11.1 Å². The first kappa shape index (κ1) is 19.9. The average Bonchev–Trinajstić information content (AvgIpc) is 3.13. The molecule has 0 saturated heterocycles. The van der Waals surface area contributed by atoms with E-state index >= 15 is 0 Å². The molecule has 9 heteroatoms. The van der Waals surface area contributed by atoms with Crippen molar-refractivity contribution in [3.05, 3.63) is 64.2 Å². The molecule has 4 rings (SSSR count). The maximum Gasteiger partial charge on any atom is 0.228 e. The largest absolute Gasteiger partial charge is 0.398 e. The first-order chi connectivity index (χ1) is 14.3. The second-order valence-corrected chi connectivity index (χ2v) is 7.66. The van der Waals surface area contributed by atoms with Crippen molar-refractivity contribution in [1.29, 1.82) is 0 Å². The number of nitrogens with two attached hydrogens (primary N) is 1. The number of hydrogen-bond acceptors (Lipinski definition) is 4. The number of halogens is 2. The number of carbonyl (C=O) groups excluding carboxylic acids is 2. The molecular formula is C21H19ClFN5O2. The molecule has 1 aliphatic heterocycles. The van der Waals surface area contributed by atoms with Crippen molar-refractivity contribution in [2.45, 2.75) is 25.7 Å². The first-order valence-corrected chi connectivity index (χ1v) is 9.66. The zero-order valence-corrected chi connectivity index (χ0v) is 16.8. The highest BCUT2D eigenvalue weighted by atomic mass is 35.5. The monoisotopic (exact) mass is 427 g/mol. The summed E-state index contributed by atoms with van der Waals surface area (Å²) >= 11 is 6.01. The highest BCUT2D eigenvalue weighted by Crippen LogP contribution is 2.37. The number of allylic oxidation sites excluding steroid dienone is 1. The van der Waals surface area contributed by atoms with Gasteiger partial charge in [0.25, 0.3) is 0 Å². The standard InChI is InChI=1S/C21H19ClFN5O2/c1-10-13(14(7-20(29)26-10)11-2-3-15(22)17(24)4-11)6-21(30)27-19-5-12-9-25-28-18(12)8-16(19)23/h2-5,8-9,14H,6-7,24H2,1H3,(H,25,28)(H,26,29)(H,27,30). The normalized spacial score (nSPS) is 16.6. The Kier molecular flexibility index (Phi) is 5.17. The van der Waals surface area contributed by atoms with Gasteiger partial charge in [0.05, 0.1) is 34.5 Å². The maximum absolute atomic E-state index is 14.3. The second kappa shape index (κ2) is 7.79. The molecule has 2 aromatic carbocycles. The van der Waals surface area contributed by atoms with Gasteiger partial charge in [-0.2, -0.15) is 5.10 Å². The Bertz CT molecular complexity index is 1200. The van der Waals surface area contributed by atoms with E-state index in [1.807, 2.05) is 0 Å². The summed E-state index contributed by atoms with van der Waals surface area (Å²) in [4.78, 5) is 24.9. The lowest BCUT2D eigenvalue weighted by atomic mass is 9.82. The van der Waals surface area contributed by atoms with E-state index in [4.69, 9.17) is 17.3 Å². The van der Waals surface area contributed by atoms with E-state index in [9.17, 15) is 14.0 Å². The van der Waals surface area contributed by atoms with Gasteiger partial charge < -0.3 is 16.4 Å². The van der Waals surface area contributed by atoms with Gasteiger partial charge in [0.1, 0.15) is 5.82 Å². The van der Waals surface area contributed by atoms with Crippen LogP contribution in [0.1, 0.15) is 31.2 Å². The summed E-state index contributed by atoms with van der Waals surface area (Å²) in [5.74, 6) is -1.43. The maximum atomic E-state index is 14.3. The molecule has 7 nitrogen and oxygen atoms in total. The lowest BCUT2D eigenvalue weighted by molar-refractivity contribution is -0.121. The molecule has 0 radical (unpaired) electrons. The SMILES string of the molecule is CC1=C(CC(=O)Nc2cc3cn[nH]c3cc2F)C(c2ccc(Cl)c(N)c2)CC(=O)N1. The van der Waals surface area contributed by atoms with Crippen molar-refractivity contribution in [3.63, 3.8) is 0 Å². The van der Waals surface area contributed by atoms with Crippen LogP contribution < -0.4 is 16.4 Å². The van der Waals surface area contributed by atoms with E-state index in [2.05, 4.69) is 20.8 Å². The lowest BCUT2D eigenvalue weighted by Gasteiger charge is -2.28. The van der Waals surface area contributed by atoms with Crippen molar-refractivity contribution in [3.8, 4) is 0 Å². The minimum absolute atomic E-state index is 0.0117. The molecule has 2 heterocycles. The van der Waals surface area contributed by atoms with E-state index < -0.39 is 11.7 Å². The topological polar surface area (TPSA) is 113 Å². The van der Waals surface area contributed by atoms with Gasteiger partial charge in [0, 0.05) is 29.5 Å². The molecule has 0 bridgehead atoms. The number of anilines is 2. The van der Waals surface area contributed by atoms with Gasteiger partial charge in [-0.25, -0.2) is 4.39 Å². The minimum atomic E-state index is -0.565. The molecule has 0 spiro atoms. The average molecular weight is 428 g/mol. The summed E-state index contributed by atoms with van der Waals surface area (Å²) in [6.45, 7) is 1.74. The van der Waals surface area contributed by atoms with Crippen LogP contribution in [0.2, 0.25) is 5.02 Å². The molecule has 1 aromatic heterocycles. The number of nitrogen functional groups attached to an aromatic ring is 1. The van der Waals surface area contributed by atoms with Crippen molar-refractivity contribution in [1.82, 2.24) is 15.5 Å². The van der Waals surface area contributed by atoms with Gasteiger partial charge in [-0.3, -0.25) is 14.7 Å². The summed E-state index contributed by atoms with van der Waals surface area (Å²) in [5.41, 5.74) is 9.06. The Labute approximate surface area is 176 Å². The summed E-state index contributed by atoms with van der Waals surface area (Å²) < 4.78 is 14.3. The number of carbonyl (C=O) groups is 2. The number of rotatable bonds is 4. The van der Waals surface area contributed by atoms with Crippen LogP contribution in [0.4, 0.5) is 15.8 Å². The Morgan fingerprint density at radius 3 is 2.93 bits per heavy atom. The van der Waals surface area contributed by atoms with E-state index in [-0.39, 0.29) is 30.4 Å². The van der Waals surface area contributed by atoms with Gasteiger partial charge in [-0.1, -0.05) is 17.7 Å². The molecule has 1 aliphatic rings. The first-order valence-electron chi connectivity index (χ1n) is 9.28. The number of hydrogen-bond donors (Lipinski definition) is 4. The van der Waals surface area contributed by atoms with Crippen molar-refractivity contribution < 1.29 is 14.0 Å². The molecule has 0 fully saturated rings. The summed E-state index contributed by atoms with van der Waals surface area (Å²) in [6.07, 6.45) is 1.72. The predicted octanol–water partition coefficient (Wildman–Crippen LogP) is 3.84. The number of H-pyrrole nitrogens is 1. The third-order valence-electron chi connectivity index (χ3n) is 5.19. The Morgan fingerprint density at radius 1 is 1.37 bits per heavy atom. The number of nitrogens with zero attached hydrogens (tertiary/aromatic N) is 1. The molecule has 2 amide bonds. The summed E-state index contributed by atoms with van der Waals surface area (Å²) in [6, 6.07) is 7.97. The Balaban J connectivity index is 1.60. The number of aromatic nitrogens is 2. The highest BCUT2D eigenvalue weighted by molar-refractivity contribution is 6.33. The van der Waals surface area contributed by atoms with Crippen LogP contribution in [-0.4, -0.2) is 22.0 Å². The lowest BCUT2D eigenvalue weighted by Crippen LogP contribution is -2.32. The zero-order valence-electron chi connectivity index (χ0n) is 16.1. The van der Waals surface area contributed by atoms with E-state index in [0.29, 0.717) is 27.3 Å². The highest BCUT2D eigenvalue weighted by Gasteiger charge is 2.29. The quantitative estimate of drug-likeness (QED) is 0.474. The van der Waals surface area contributed by atoms with Gasteiger partial charge in [0.15, 0.2) is 0 Å². The Morgan fingerprint density at radius 2 is 2.17 bits per heavy atom. The van der Waals surface area contributed by atoms with E-state index in [1.54, 1.807) is 31.3 Å². The van der Waals surface area contributed by atoms with Crippen LogP contribution >= 0.6 is 11.6 Å². The van der Waals surface area contributed by atoms with Gasteiger partial charge in [-0.15, -0.1) is 0 Å². The molecule has 3 aromatic rings. The van der Waals surface area contributed by atoms with Gasteiger partial charge in [0.2, 0.25) is 11.8 Å². The summed E-state index contributed by atoms with van der Waals surface area (Å²) in [7, 11) is 0. The fraction of sp³-hybridized carbons (Fsp3) is 0.190. The van der Waals surface area contributed by atoms with Crippen LogP contribution in [0.5, 0.6) is 0 Å². The third-order valence-corrected chi connectivity index (χ3v) is 5.54. The number of aromatic amines is 1.